The van der Waals surface area contributed by atoms with Gasteiger partial charge in [0.15, 0.2) is 0 Å². The van der Waals surface area contributed by atoms with E-state index in [4.69, 9.17) is 4.52 Å². The van der Waals surface area contributed by atoms with Gasteiger partial charge >= 0.3 is 0 Å². The van der Waals surface area contributed by atoms with Crippen LogP contribution in [0.4, 0.5) is 5.69 Å². The average molecular weight is 339 g/mol. The third kappa shape index (κ3) is 2.97. The molecule has 1 aromatic carbocycles. The second kappa shape index (κ2) is 5.99. The van der Waals surface area contributed by atoms with E-state index in [1.165, 1.54) is 11.1 Å². The molecule has 0 N–H and O–H groups in total. The van der Waals surface area contributed by atoms with Gasteiger partial charge in [0.25, 0.3) is 0 Å². The highest BCUT2D eigenvalue weighted by molar-refractivity contribution is 5.96. The molecule has 0 saturated carbocycles. The minimum Gasteiger partial charge on any atom is -0.361 e. The Morgan fingerprint density at radius 2 is 1.92 bits per heavy atom. The summed E-state index contributed by atoms with van der Waals surface area (Å²) in [6, 6.07) is 8.27. The van der Waals surface area contributed by atoms with Crippen molar-refractivity contribution in [2.75, 3.05) is 24.5 Å². The second-order valence-electron chi connectivity index (χ2n) is 7.76. The van der Waals surface area contributed by atoms with E-state index in [1.54, 1.807) is 0 Å². The Balaban J connectivity index is 1.47. The van der Waals surface area contributed by atoms with Gasteiger partial charge in [0, 0.05) is 42.7 Å². The molecular weight excluding hydrogens is 314 g/mol. The number of carbonyl (C=O) groups excluding carboxylic acids is 1. The first-order valence-corrected chi connectivity index (χ1v) is 8.97. The van der Waals surface area contributed by atoms with Gasteiger partial charge in [0.1, 0.15) is 5.76 Å². The number of likely N-dealkylation sites (tertiary alicyclic amines) is 1. The molecule has 1 spiro atoms. The van der Waals surface area contributed by atoms with Crippen LogP contribution in [0.1, 0.15) is 35.4 Å². The van der Waals surface area contributed by atoms with E-state index in [0.717, 1.165) is 49.7 Å². The van der Waals surface area contributed by atoms with Crippen LogP contribution in [-0.2, 0) is 11.3 Å². The van der Waals surface area contributed by atoms with Crippen molar-refractivity contribution in [2.45, 2.75) is 40.2 Å². The van der Waals surface area contributed by atoms with E-state index in [9.17, 15) is 4.79 Å². The van der Waals surface area contributed by atoms with Crippen LogP contribution in [-0.4, -0.2) is 35.6 Å². The van der Waals surface area contributed by atoms with Crippen LogP contribution in [0, 0.1) is 26.2 Å². The SMILES string of the molecule is Cc1ccc(N2C[C@@]3(CCN(Cc4c(C)noc4C)C3)CC2=O)cc1. The Kier molecular flexibility index (Phi) is 3.91. The fraction of sp³-hybridized carbons (Fsp3) is 0.500. The zero-order valence-electron chi connectivity index (χ0n) is 15.2. The number of aryl methyl sites for hydroxylation is 3. The van der Waals surface area contributed by atoms with E-state index in [0.29, 0.717) is 6.42 Å². The van der Waals surface area contributed by atoms with Gasteiger partial charge in [-0.1, -0.05) is 22.9 Å². The van der Waals surface area contributed by atoms with Crippen LogP contribution in [0.5, 0.6) is 0 Å². The summed E-state index contributed by atoms with van der Waals surface area (Å²) in [6.07, 6.45) is 1.73. The van der Waals surface area contributed by atoms with Crippen LogP contribution in [0.25, 0.3) is 0 Å². The number of anilines is 1. The monoisotopic (exact) mass is 339 g/mol. The lowest BCUT2D eigenvalue weighted by atomic mass is 9.86. The summed E-state index contributed by atoms with van der Waals surface area (Å²) < 4.78 is 5.29. The highest BCUT2D eigenvalue weighted by atomic mass is 16.5. The molecule has 0 bridgehead atoms. The second-order valence-corrected chi connectivity index (χ2v) is 7.76. The molecule has 2 saturated heterocycles. The van der Waals surface area contributed by atoms with Gasteiger partial charge in [-0.2, -0.15) is 0 Å². The third-order valence-electron chi connectivity index (χ3n) is 5.75. The lowest BCUT2D eigenvalue weighted by Crippen LogP contribution is -2.31. The van der Waals surface area contributed by atoms with Crippen molar-refractivity contribution in [1.82, 2.24) is 10.1 Å². The van der Waals surface area contributed by atoms with Crippen molar-refractivity contribution < 1.29 is 9.32 Å². The number of carbonyl (C=O) groups is 1. The quantitative estimate of drug-likeness (QED) is 0.861. The molecule has 5 nitrogen and oxygen atoms in total. The fourth-order valence-corrected chi connectivity index (χ4v) is 4.24. The predicted molar refractivity (Wildman–Crippen MR) is 96.5 cm³/mol. The molecule has 0 radical (unpaired) electrons. The zero-order valence-corrected chi connectivity index (χ0v) is 15.2. The molecule has 2 fully saturated rings. The van der Waals surface area contributed by atoms with Crippen molar-refractivity contribution in [3.63, 3.8) is 0 Å². The van der Waals surface area contributed by atoms with E-state index in [-0.39, 0.29) is 11.3 Å². The minimum absolute atomic E-state index is 0.0843. The summed E-state index contributed by atoms with van der Waals surface area (Å²) in [5, 5.41) is 4.05. The molecule has 2 aliphatic rings. The number of rotatable bonds is 3. The fourth-order valence-electron chi connectivity index (χ4n) is 4.24. The predicted octanol–water partition coefficient (Wildman–Crippen LogP) is 3.23. The molecule has 3 heterocycles. The van der Waals surface area contributed by atoms with E-state index < -0.39 is 0 Å². The summed E-state index contributed by atoms with van der Waals surface area (Å²) >= 11 is 0. The number of benzene rings is 1. The maximum atomic E-state index is 12.6. The molecule has 5 heteroatoms. The molecule has 0 unspecified atom stereocenters. The van der Waals surface area contributed by atoms with Gasteiger partial charge in [-0.3, -0.25) is 9.69 Å². The van der Waals surface area contributed by atoms with Gasteiger partial charge in [-0.05, 0) is 45.9 Å². The number of amides is 1. The Morgan fingerprint density at radius 1 is 1.16 bits per heavy atom. The van der Waals surface area contributed by atoms with E-state index >= 15 is 0 Å². The number of hydrogen-bond donors (Lipinski definition) is 0. The smallest absolute Gasteiger partial charge is 0.227 e. The largest absolute Gasteiger partial charge is 0.361 e. The normalized spacial score (nSPS) is 24.0. The molecular formula is C20H25N3O2. The topological polar surface area (TPSA) is 49.6 Å². The van der Waals surface area contributed by atoms with Crippen LogP contribution in [0.3, 0.4) is 0 Å². The van der Waals surface area contributed by atoms with Crippen molar-refractivity contribution in [3.05, 3.63) is 46.8 Å². The van der Waals surface area contributed by atoms with E-state index in [2.05, 4.69) is 41.2 Å². The summed E-state index contributed by atoms with van der Waals surface area (Å²) in [7, 11) is 0. The molecule has 1 amide bonds. The molecule has 132 valence electrons. The van der Waals surface area contributed by atoms with Crippen molar-refractivity contribution in [2.24, 2.45) is 5.41 Å². The van der Waals surface area contributed by atoms with Crippen molar-refractivity contribution in [3.8, 4) is 0 Å². The Morgan fingerprint density at radius 3 is 2.60 bits per heavy atom. The summed E-state index contributed by atoms with van der Waals surface area (Å²) in [4.78, 5) is 17.0. The first-order chi connectivity index (χ1) is 12.0. The van der Waals surface area contributed by atoms with Crippen molar-refractivity contribution >= 4 is 11.6 Å². The highest BCUT2D eigenvalue weighted by Gasteiger charge is 2.47. The van der Waals surface area contributed by atoms with Crippen molar-refractivity contribution in [1.29, 1.82) is 0 Å². The van der Waals surface area contributed by atoms with Crippen LogP contribution in [0.2, 0.25) is 0 Å². The summed E-state index contributed by atoms with van der Waals surface area (Å²) in [6.45, 7) is 9.72. The average Bonchev–Trinajstić information content (AvgIpc) is 3.23. The highest BCUT2D eigenvalue weighted by Crippen LogP contribution is 2.42. The minimum atomic E-state index is 0.0843. The maximum absolute atomic E-state index is 12.6. The molecule has 2 aliphatic heterocycles. The Bertz CT molecular complexity index is 776. The van der Waals surface area contributed by atoms with Gasteiger partial charge in [-0.25, -0.2) is 0 Å². The Hall–Kier alpha value is -2.14. The van der Waals surface area contributed by atoms with Gasteiger partial charge in [0.05, 0.1) is 5.69 Å². The van der Waals surface area contributed by atoms with E-state index in [1.807, 2.05) is 18.7 Å². The lowest BCUT2D eigenvalue weighted by molar-refractivity contribution is -0.117. The molecule has 25 heavy (non-hydrogen) atoms. The molecule has 2 aromatic rings. The van der Waals surface area contributed by atoms with Crippen LogP contribution >= 0.6 is 0 Å². The maximum Gasteiger partial charge on any atom is 0.227 e. The van der Waals surface area contributed by atoms with Crippen LogP contribution in [0.15, 0.2) is 28.8 Å². The number of aromatic nitrogens is 1. The number of nitrogens with zero attached hydrogens (tertiary/aromatic N) is 3. The van der Waals surface area contributed by atoms with Crippen LogP contribution < -0.4 is 4.90 Å². The van der Waals surface area contributed by atoms with Gasteiger partial charge in [0.2, 0.25) is 5.91 Å². The number of hydrogen-bond acceptors (Lipinski definition) is 4. The molecule has 0 aliphatic carbocycles. The van der Waals surface area contributed by atoms with Gasteiger partial charge in [-0.15, -0.1) is 0 Å². The first-order valence-electron chi connectivity index (χ1n) is 8.97. The molecule has 1 aromatic heterocycles. The Labute approximate surface area is 148 Å². The van der Waals surface area contributed by atoms with Gasteiger partial charge < -0.3 is 9.42 Å². The lowest BCUT2D eigenvalue weighted by Gasteiger charge is -2.24. The molecule has 4 rings (SSSR count). The molecule has 1 atom stereocenters. The zero-order chi connectivity index (χ0) is 17.6. The summed E-state index contributed by atoms with van der Waals surface area (Å²) in [5.41, 5.74) is 4.49. The first kappa shape index (κ1) is 16.3. The standard InChI is InChI=1S/C20H25N3O2/c1-14-4-6-17(7-5-14)23-13-20(10-19(23)24)8-9-22(12-20)11-18-15(2)21-25-16(18)3/h4-7H,8-13H2,1-3H3/t20-/m0/s1. The summed E-state index contributed by atoms with van der Waals surface area (Å²) in [5.74, 6) is 1.16. The third-order valence-corrected chi connectivity index (χ3v) is 5.75.